The Bertz CT molecular complexity index is 446. The van der Waals surface area contributed by atoms with E-state index in [0.29, 0.717) is 6.42 Å². The van der Waals surface area contributed by atoms with Crippen LogP contribution in [0.25, 0.3) is 0 Å². The van der Waals surface area contributed by atoms with Gasteiger partial charge in [0.15, 0.2) is 5.41 Å². The predicted octanol–water partition coefficient (Wildman–Crippen LogP) is 3.50. The van der Waals surface area contributed by atoms with Gasteiger partial charge in [0, 0.05) is 0 Å². The lowest BCUT2D eigenvalue weighted by Crippen LogP contribution is -2.56. The molecular weight excluding hydrogens is 280 g/mol. The van der Waals surface area contributed by atoms with E-state index >= 15 is 0 Å². The van der Waals surface area contributed by atoms with Crippen molar-refractivity contribution in [2.75, 3.05) is 13.2 Å². The normalized spacial score (nSPS) is 28.5. The number of rotatable bonds is 4. The fourth-order valence-electron chi connectivity index (χ4n) is 4.17. The fraction of sp³-hybridized carbons (Fsp3) is 0.778. The van der Waals surface area contributed by atoms with Gasteiger partial charge in [0.2, 0.25) is 0 Å². The van der Waals surface area contributed by atoms with Crippen LogP contribution >= 0.6 is 0 Å². The van der Waals surface area contributed by atoms with Crippen molar-refractivity contribution in [1.82, 2.24) is 0 Å². The molecule has 0 saturated heterocycles. The van der Waals surface area contributed by atoms with E-state index < -0.39 is 17.4 Å². The summed E-state index contributed by atoms with van der Waals surface area (Å²) in [5.74, 6) is -0.605. The number of carbonyl (C=O) groups is 2. The summed E-state index contributed by atoms with van der Waals surface area (Å²) in [7, 11) is 0. The maximum absolute atomic E-state index is 12.8. The highest BCUT2D eigenvalue weighted by Gasteiger charge is 2.61. The molecule has 0 unspecified atom stereocenters. The van der Waals surface area contributed by atoms with E-state index in [-0.39, 0.29) is 30.5 Å². The van der Waals surface area contributed by atoms with Crippen LogP contribution in [0.1, 0.15) is 53.4 Å². The minimum Gasteiger partial charge on any atom is -0.465 e. The Labute approximate surface area is 133 Å². The second kappa shape index (κ2) is 6.43. The molecule has 0 aromatic carbocycles. The van der Waals surface area contributed by atoms with Gasteiger partial charge < -0.3 is 9.47 Å². The molecule has 0 aromatic heterocycles. The Morgan fingerprint density at radius 2 is 1.68 bits per heavy atom. The number of ether oxygens (including phenoxy) is 2. The summed E-state index contributed by atoms with van der Waals surface area (Å²) in [6.07, 6.45) is 7.44. The predicted molar refractivity (Wildman–Crippen MR) is 84.1 cm³/mol. The summed E-state index contributed by atoms with van der Waals surface area (Å²) in [4.78, 5) is 25.5. The Morgan fingerprint density at radius 3 is 2.23 bits per heavy atom. The van der Waals surface area contributed by atoms with Gasteiger partial charge in [-0.15, -0.1) is 0 Å². The van der Waals surface area contributed by atoms with Gasteiger partial charge in [-0.05, 0) is 56.8 Å². The average molecular weight is 308 g/mol. The average Bonchev–Trinajstić information content (AvgIpc) is 2.48. The van der Waals surface area contributed by atoms with E-state index in [0.717, 1.165) is 19.3 Å². The van der Waals surface area contributed by atoms with Crippen LogP contribution in [-0.4, -0.2) is 25.2 Å². The van der Waals surface area contributed by atoms with Crippen LogP contribution in [0.15, 0.2) is 12.2 Å². The first kappa shape index (κ1) is 17.0. The van der Waals surface area contributed by atoms with Gasteiger partial charge in [-0.3, -0.25) is 9.59 Å². The lowest BCUT2D eigenvalue weighted by Gasteiger charge is -2.52. The van der Waals surface area contributed by atoms with Gasteiger partial charge in [-0.1, -0.05) is 26.0 Å². The first-order valence-electron chi connectivity index (χ1n) is 8.41. The van der Waals surface area contributed by atoms with Gasteiger partial charge >= 0.3 is 11.9 Å². The SMILES string of the molecule is CCOC(=O)C1(C(=O)OCC)CCC(C)(C)[C@@H]2C=CCC[C@@H]21. The van der Waals surface area contributed by atoms with E-state index in [1.807, 2.05) is 0 Å². The third-order valence-corrected chi connectivity index (χ3v) is 5.40. The molecule has 1 saturated carbocycles. The molecule has 0 bridgehead atoms. The fourth-order valence-corrected chi connectivity index (χ4v) is 4.17. The Balaban J connectivity index is 2.46. The van der Waals surface area contributed by atoms with Crippen molar-refractivity contribution in [3.63, 3.8) is 0 Å². The van der Waals surface area contributed by atoms with Crippen molar-refractivity contribution in [1.29, 1.82) is 0 Å². The summed E-state index contributed by atoms with van der Waals surface area (Å²) >= 11 is 0. The van der Waals surface area contributed by atoms with Gasteiger partial charge in [0.25, 0.3) is 0 Å². The molecule has 0 N–H and O–H groups in total. The number of hydrogen-bond donors (Lipinski definition) is 0. The van der Waals surface area contributed by atoms with Gasteiger partial charge in [0.1, 0.15) is 0 Å². The molecule has 2 rings (SSSR count). The van der Waals surface area contributed by atoms with Crippen molar-refractivity contribution in [2.45, 2.75) is 53.4 Å². The van der Waals surface area contributed by atoms with Crippen LogP contribution in [0.4, 0.5) is 0 Å². The molecule has 2 aliphatic carbocycles. The number of allylic oxidation sites excluding steroid dienone is 2. The quantitative estimate of drug-likeness (QED) is 0.453. The van der Waals surface area contributed by atoms with E-state index in [9.17, 15) is 9.59 Å². The third-order valence-electron chi connectivity index (χ3n) is 5.40. The number of carbonyl (C=O) groups excluding carboxylic acids is 2. The standard InChI is InChI=1S/C18H28O4/c1-5-21-15(19)18(16(20)22-6-2)12-11-17(3,4)13-9-7-8-10-14(13)18/h7,9,13-14H,5-6,8,10-12H2,1-4H3/t13-,14+/m1/s1. The zero-order valence-corrected chi connectivity index (χ0v) is 14.2. The van der Waals surface area contributed by atoms with Crippen molar-refractivity contribution in [2.24, 2.45) is 22.7 Å². The smallest absolute Gasteiger partial charge is 0.323 e. The highest BCUT2D eigenvalue weighted by Crippen LogP contribution is 2.57. The third kappa shape index (κ3) is 2.68. The lowest BCUT2D eigenvalue weighted by molar-refractivity contribution is -0.186. The molecular formula is C18H28O4. The summed E-state index contributed by atoms with van der Waals surface area (Å²) in [5.41, 5.74) is -1.04. The van der Waals surface area contributed by atoms with Crippen LogP contribution in [0.3, 0.4) is 0 Å². The number of hydrogen-bond acceptors (Lipinski definition) is 4. The molecule has 1 fully saturated rings. The van der Waals surface area contributed by atoms with Crippen molar-refractivity contribution < 1.29 is 19.1 Å². The van der Waals surface area contributed by atoms with Crippen LogP contribution < -0.4 is 0 Å². The molecule has 2 aliphatic rings. The second-order valence-corrected chi connectivity index (χ2v) is 7.04. The highest BCUT2D eigenvalue weighted by molar-refractivity contribution is 6.00. The molecule has 2 atom stereocenters. The number of esters is 2. The maximum atomic E-state index is 12.8. The zero-order chi connectivity index (χ0) is 16.4. The first-order chi connectivity index (χ1) is 10.4. The van der Waals surface area contributed by atoms with Crippen LogP contribution in [0.2, 0.25) is 0 Å². The number of fused-ring (bicyclic) bond motifs is 1. The summed E-state index contributed by atoms with van der Waals surface area (Å²) in [6, 6.07) is 0. The van der Waals surface area contributed by atoms with Gasteiger partial charge in [-0.2, -0.15) is 0 Å². The monoisotopic (exact) mass is 308 g/mol. The second-order valence-electron chi connectivity index (χ2n) is 7.04. The van der Waals surface area contributed by atoms with Crippen LogP contribution in [-0.2, 0) is 19.1 Å². The summed E-state index contributed by atoms with van der Waals surface area (Å²) in [6.45, 7) is 8.58. The first-order valence-corrected chi connectivity index (χ1v) is 8.41. The van der Waals surface area contributed by atoms with Gasteiger partial charge in [-0.25, -0.2) is 0 Å². The highest BCUT2D eigenvalue weighted by atomic mass is 16.6. The molecule has 4 heteroatoms. The summed E-state index contributed by atoms with van der Waals surface area (Å²) < 4.78 is 10.6. The Kier molecular flexibility index (Phi) is 4.98. The molecule has 0 spiro atoms. The van der Waals surface area contributed by atoms with Gasteiger partial charge in [0.05, 0.1) is 13.2 Å². The molecule has 22 heavy (non-hydrogen) atoms. The Hall–Kier alpha value is -1.32. The molecule has 0 aromatic rings. The lowest BCUT2D eigenvalue weighted by atomic mass is 9.51. The Morgan fingerprint density at radius 1 is 1.09 bits per heavy atom. The molecule has 0 aliphatic heterocycles. The van der Waals surface area contributed by atoms with E-state index in [4.69, 9.17) is 9.47 Å². The topological polar surface area (TPSA) is 52.6 Å². The minimum atomic E-state index is -1.13. The molecule has 0 heterocycles. The molecule has 0 radical (unpaired) electrons. The van der Waals surface area contributed by atoms with Crippen LogP contribution in [0, 0.1) is 22.7 Å². The van der Waals surface area contributed by atoms with Crippen molar-refractivity contribution in [3.8, 4) is 0 Å². The van der Waals surface area contributed by atoms with Crippen LogP contribution in [0.5, 0.6) is 0 Å². The molecule has 0 amide bonds. The van der Waals surface area contributed by atoms with Crippen molar-refractivity contribution >= 4 is 11.9 Å². The molecule has 124 valence electrons. The largest absolute Gasteiger partial charge is 0.465 e. The van der Waals surface area contributed by atoms with E-state index in [1.165, 1.54) is 0 Å². The maximum Gasteiger partial charge on any atom is 0.323 e. The van der Waals surface area contributed by atoms with E-state index in [1.54, 1.807) is 13.8 Å². The zero-order valence-electron chi connectivity index (χ0n) is 14.2. The molecule has 4 nitrogen and oxygen atoms in total. The van der Waals surface area contributed by atoms with E-state index in [2.05, 4.69) is 26.0 Å². The minimum absolute atomic E-state index is 0.0284. The van der Waals surface area contributed by atoms with Crippen molar-refractivity contribution in [3.05, 3.63) is 12.2 Å². The summed E-state index contributed by atoms with van der Waals surface area (Å²) in [5, 5.41) is 0.